The molecule has 0 unspecified atom stereocenters. The monoisotopic (exact) mass is 438 g/mol. The number of aromatic hydroxyl groups is 1. The first-order valence-electron chi connectivity index (χ1n) is 9.81. The topological polar surface area (TPSA) is 122 Å². The van der Waals surface area contributed by atoms with Crippen molar-refractivity contribution in [1.82, 2.24) is 19.4 Å². The zero-order valence-electron chi connectivity index (χ0n) is 17.6. The van der Waals surface area contributed by atoms with Crippen molar-refractivity contribution in [2.75, 3.05) is 44.3 Å². The Morgan fingerprint density at radius 3 is 2.69 bits per heavy atom. The van der Waals surface area contributed by atoms with Crippen LogP contribution in [-0.4, -0.2) is 70.3 Å². The number of nitrogens with one attached hydrogen (secondary N) is 1. The van der Waals surface area contributed by atoms with Gasteiger partial charge in [-0.2, -0.15) is 5.10 Å². The number of amides is 2. The molecular formula is C21H22N6O5. The summed E-state index contributed by atoms with van der Waals surface area (Å²) < 4.78 is 7.89. The van der Waals surface area contributed by atoms with E-state index in [0.29, 0.717) is 13.2 Å². The van der Waals surface area contributed by atoms with E-state index in [0.717, 1.165) is 5.69 Å². The molecule has 0 aliphatic carbocycles. The van der Waals surface area contributed by atoms with E-state index >= 15 is 0 Å². The second-order valence-electron chi connectivity index (χ2n) is 7.21. The number of hydrogen-bond acceptors (Lipinski definition) is 7. The van der Waals surface area contributed by atoms with E-state index in [1.807, 2.05) is 30.3 Å². The fraction of sp³-hybridized carbons (Fsp3) is 0.238. The van der Waals surface area contributed by atoms with Gasteiger partial charge in [0.2, 0.25) is 5.43 Å². The van der Waals surface area contributed by atoms with Gasteiger partial charge in [-0.05, 0) is 12.1 Å². The van der Waals surface area contributed by atoms with Crippen molar-refractivity contribution >= 4 is 17.6 Å². The van der Waals surface area contributed by atoms with E-state index < -0.39 is 23.0 Å². The number of fused-ring (bicyclic) bond motifs is 1. The Morgan fingerprint density at radius 1 is 1.22 bits per heavy atom. The van der Waals surface area contributed by atoms with Crippen molar-refractivity contribution in [3.8, 4) is 11.4 Å². The molecule has 11 heteroatoms. The zero-order valence-corrected chi connectivity index (χ0v) is 17.6. The van der Waals surface area contributed by atoms with Gasteiger partial charge in [-0.25, -0.2) is 4.68 Å². The molecule has 3 aromatic rings. The Bertz CT molecular complexity index is 1220. The summed E-state index contributed by atoms with van der Waals surface area (Å²) in [6.45, 7) is 0.792. The van der Waals surface area contributed by atoms with E-state index in [1.54, 1.807) is 29.0 Å². The molecule has 0 atom stereocenters. The molecule has 32 heavy (non-hydrogen) atoms. The van der Waals surface area contributed by atoms with E-state index in [9.17, 15) is 19.5 Å². The highest BCUT2D eigenvalue weighted by Crippen LogP contribution is 2.21. The fourth-order valence-electron chi connectivity index (χ4n) is 3.42. The van der Waals surface area contributed by atoms with Crippen molar-refractivity contribution in [2.45, 2.75) is 0 Å². The Kier molecular flexibility index (Phi) is 5.65. The summed E-state index contributed by atoms with van der Waals surface area (Å²) in [7, 11) is 3.19. The zero-order chi connectivity index (χ0) is 22.8. The smallest absolute Gasteiger partial charge is 0.277 e. The van der Waals surface area contributed by atoms with Crippen LogP contribution in [0, 0.1) is 0 Å². The lowest BCUT2D eigenvalue weighted by atomic mass is 10.1. The summed E-state index contributed by atoms with van der Waals surface area (Å²) in [5, 5.41) is 18.9. The molecule has 2 amide bonds. The molecule has 3 heterocycles. The number of para-hydroxylation sites is 1. The molecule has 0 saturated heterocycles. The van der Waals surface area contributed by atoms with Gasteiger partial charge >= 0.3 is 0 Å². The number of benzene rings is 1. The number of rotatable bonds is 6. The van der Waals surface area contributed by atoms with Gasteiger partial charge < -0.3 is 20.1 Å². The molecule has 1 aliphatic heterocycles. The molecule has 0 bridgehead atoms. The number of pyridine rings is 1. The van der Waals surface area contributed by atoms with Crippen molar-refractivity contribution in [1.29, 1.82) is 0 Å². The van der Waals surface area contributed by atoms with Gasteiger partial charge in [0.15, 0.2) is 17.3 Å². The van der Waals surface area contributed by atoms with Crippen LogP contribution < -0.4 is 15.8 Å². The highest BCUT2D eigenvalue weighted by molar-refractivity contribution is 6.05. The van der Waals surface area contributed by atoms with Gasteiger partial charge in [0.05, 0.1) is 12.3 Å². The predicted octanol–water partition coefficient (Wildman–Crippen LogP) is 0.619. The summed E-state index contributed by atoms with van der Waals surface area (Å²) in [6.07, 6.45) is 2.91. The maximum absolute atomic E-state index is 12.8. The summed E-state index contributed by atoms with van der Waals surface area (Å²) >= 11 is 0. The Balaban J connectivity index is 1.62. The number of nitrogens with zero attached hydrogens (tertiary/aromatic N) is 5. The molecule has 4 rings (SSSR count). The number of anilines is 1. The Labute approximate surface area is 183 Å². The van der Waals surface area contributed by atoms with Crippen LogP contribution in [0.3, 0.4) is 0 Å². The highest BCUT2D eigenvalue weighted by atomic mass is 16.5. The molecule has 2 N–H and O–H groups in total. The number of ether oxygens (including phenoxy) is 1. The second-order valence-corrected chi connectivity index (χ2v) is 7.21. The molecular weight excluding hydrogens is 416 g/mol. The van der Waals surface area contributed by atoms with Gasteiger partial charge in [0, 0.05) is 39.2 Å². The van der Waals surface area contributed by atoms with Crippen molar-refractivity contribution in [3.63, 3.8) is 0 Å². The lowest BCUT2D eigenvalue weighted by Gasteiger charge is -2.37. The number of carbonyl (C=O) groups is 2. The first-order valence-corrected chi connectivity index (χ1v) is 9.81. The molecule has 2 aromatic heterocycles. The maximum atomic E-state index is 12.8. The Morgan fingerprint density at radius 2 is 1.97 bits per heavy atom. The molecule has 0 spiro atoms. The van der Waals surface area contributed by atoms with E-state index in [1.165, 1.54) is 22.9 Å². The molecule has 0 saturated carbocycles. The van der Waals surface area contributed by atoms with E-state index in [4.69, 9.17) is 4.74 Å². The average molecular weight is 438 g/mol. The highest BCUT2D eigenvalue weighted by Gasteiger charge is 2.33. The largest absolute Gasteiger partial charge is 0.502 e. The first kappa shape index (κ1) is 21.1. The standard InChI is InChI=1S/C21H22N6O5/c1-24-13-25(10-11-32-2)21(31)17-19(29)18(28)15(12-27(17)24)20(30)22-16-8-9-26(23-16)14-6-4-3-5-7-14/h3-9,12,29H,10-11,13H2,1-2H3,(H,22,23,30). The lowest BCUT2D eigenvalue weighted by Crippen LogP contribution is -2.53. The Hall–Kier alpha value is -4.12. The van der Waals surface area contributed by atoms with Crippen LogP contribution in [-0.2, 0) is 4.74 Å². The summed E-state index contributed by atoms with van der Waals surface area (Å²) in [5.74, 6) is -1.83. The van der Waals surface area contributed by atoms with Gasteiger partial charge in [-0.15, -0.1) is 0 Å². The summed E-state index contributed by atoms with van der Waals surface area (Å²) in [5.41, 5.74) is -0.653. The van der Waals surface area contributed by atoms with Crippen LogP contribution in [0.1, 0.15) is 20.8 Å². The van der Waals surface area contributed by atoms with Gasteiger partial charge in [-0.3, -0.25) is 24.1 Å². The van der Waals surface area contributed by atoms with Crippen LogP contribution in [0.25, 0.3) is 5.69 Å². The number of methoxy groups -OCH3 is 1. The van der Waals surface area contributed by atoms with Crippen LogP contribution >= 0.6 is 0 Å². The third-order valence-corrected chi connectivity index (χ3v) is 5.06. The van der Waals surface area contributed by atoms with Crippen LogP contribution in [0.15, 0.2) is 53.6 Å². The maximum Gasteiger partial charge on any atom is 0.277 e. The van der Waals surface area contributed by atoms with Gasteiger partial charge in [-0.1, -0.05) is 18.2 Å². The van der Waals surface area contributed by atoms with E-state index in [-0.39, 0.29) is 23.7 Å². The minimum atomic E-state index is -0.938. The second kappa shape index (κ2) is 8.55. The average Bonchev–Trinajstić information content (AvgIpc) is 3.26. The van der Waals surface area contributed by atoms with Crippen LogP contribution in [0.4, 0.5) is 5.82 Å². The molecule has 0 radical (unpaired) electrons. The lowest BCUT2D eigenvalue weighted by molar-refractivity contribution is 0.0629. The third kappa shape index (κ3) is 3.81. The molecule has 1 aromatic carbocycles. The molecule has 0 fully saturated rings. The van der Waals surface area contributed by atoms with Crippen molar-refractivity contribution in [2.24, 2.45) is 0 Å². The fourth-order valence-corrected chi connectivity index (χ4v) is 3.42. The minimum Gasteiger partial charge on any atom is -0.502 e. The third-order valence-electron chi connectivity index (χ3n) is 5.06. The van der Waals surface area contributed by atoms with Gasteiger partial charge in [0.1, 0.15) is 12.2 Å². The summed E-state index contributed by atoms with van der Waals surface area (Å²) in [6, 6.07) is 10.9. The predicted molar refractivity (Wildman–Crippen MR) is 116 cm³/mol. The minimum absolute atomic E-state index is 0.194. The molecule has 1 aliphatic rings. The van der Waals surface area contributed by atoms with Gasteiger partial charge in [0.25, 0.3) is 11.8 Å². The first-order chi connectivity index (χ1) is 15.4. The quantitative estimate of drug-likeness (QED) is 0.579. The van der Waals surface area contributed by atoms with Crippen LogP contribution in [0.5, 0.6) is 5.75 Å². The number of hydrogen-bond donors (Lipinski definition) is 2. The normalized spacial score (nSPS) is 13.2. The summed E-state index contributed by atoms with van der Waals surface area (Å²) in [4.78, 5) is 39.7. The number of carbonyl (C=O) groups excluding carboxylic acids is 2. The molecule has 166 valence electrons. The van der Waals surface area contributed by atoms with Crippen LogP contribution in [0.2, 0.25) is 0 Å². The number of aromatic nitrogens is 3. The van der Waals surface area contributed by atoms with Crippen molar-refractivity contribution < 1.29 is 19.4 Å². The van der Waals surface area contributed by atoms with E-state index in [2.05, 4.69) is 10.4 Å². The SMILES string of the molecule is COCCN1CN(C)n2cc(C(=O)Nc3ccn(-c4ccccc4)n3)c(=O)c(O)c2C1=O. The molecule has 11 nitrogen and oxygen atoms in total. The van der Waals surface area contributed by atoms with Crippen molar-refractivity contribution in [3.05, 3.63) is 70.3 Å².